The Morgan fingerprint density at radius 3 is 2.60 bits per heavy atom. The molecule has 0 saturated heterocycles. The van der Waals surface area contributed by atoms with Crippen LogP contribution in [0, 0.1) is 10.1 Å². The van der Waals surface area contributed by atoms with E-state index in [-0.39, 0.29) is 0 Å². The number of anilines is 1. The van der Waals surface area contributed by atoms with E-state index in [4.69, 9.17) is 0 Å². The predicted molar refractivity (Wildman–Crippen MR) is 63.4 cm³/mol. The third-order valence-corrected chi connectivity index (χ3v) is 1.57. The number of guanidine groups is 1. The summed E-state index contributed by atoms with van der Waals surface area (Å²) in [5.74, 6) is -0.590. The highest BCUT2D eigenvalue weighted by Gasteiger charge is 2.10. The van der Waals surface area contributed by atoms with Gasteiger partial charge in [0.05, 0.1) is 10.8 Å². The van der Waals surface area contributed by atoms with Gasteiger partial charge in [0.25, 0.3) is 0 Å². The second kappa shape index (κ2) is 6.01. The van der Waals surface area contributed by atoms with Crippen LogP contribution >= 0.6 is 22.9 Å². The van der Waals surface area contributed by atoms with Gasteiger partial charge >= 0.3 is 5.96 Å². The van der Waals surface area contributed by atoms with Crippen LogP contribution in [0.2, 0.25) is 0 Å². The lowest BCUT2D eigenvalue weighted by atomic mass is 10.3. The number of rotatable bonds is 2. The fraction of sp³-hybridized carbons (Fsp3) is 0. The van der Waals surface area contributed by atoms with Gasteiger partial charge in [-0.2, -0.15) is 0 Å². The average Bonchev–Trinajstić information content (AvgIpc) is 2.25. The number of nitrogens with zero attached hydrogens (tertiary/aromatic N) is 4. The Kier molecular flexibility index (Phi) is 4.60. The minimum absolute atomic E-state index is 0.590. The van der Waals surface area contributed by atoms with Gasteiger partial charge in [0, 0.05) is 5.10 Å². The summed E-state index contributed by atoms with van der Waals surface area (Å²) in [5.41, 5.74) is 3.14. The maximum atomic E-state index is 10.4. The van der Waals surface area contributed by atoms with E-state index < -0.39 is 10.9 Å². The lowest BCUT2D eigenvalue weighted by Gasteiger charge is -1.94. The molecule has 78 valence electrons. The molecule has 8 heteroatoms. The Morgan fingerprint density at radius 1 is 1.40 bits per heavy atom. The minimum Gasteiger partial charge on any atom is -0.390 e. The van der Waals surface area contributed by atoms with E-state index in [0.29, 0.717) is 5.69 Å². The number of hydrogen-bond acceptors (Lipinski definition) is 5. The van der Waals surface area contributed by atoms with E-state index in [1.54, 1.807) is 24.3 Å². The second-order valence-electron chi connectivity index (χ2n) is 2.32. The molecule has 0 aliphatic rings. The summed E-state index contributed by atoms with van der Waals surface area (Å²) in [4.78, 5) is 9.66. The Morgan fingerprint density at radius 2 is 2.07 bits per heavy atom. The highest BCUT2D eigenvalue weighted by atomic mass is 127. The first-order chi connectivity index (χ1) is 7.24. The predicted octanol–water partition coefficient (Wildman–Crippen LogP) is 2.45. The number of halogens is 1. The molecule has 0 unspecified atom stereocenters. The molecule has 0 atom stereocenters. The third-order valence-electron chi connectivity index (χ3n) is 1.35. The van der Waals surface area contributed by atoms with Gasteiger partial charge in [0.15, 0.2) is 0 Å². The van der Waals surface area contributed by atoms with Crippen molar-refractivity contribution < 1.29 is 4.92 Å². The summed E-state index contributed by atoms with van der Waals surface area (Å²) in [6, 6.07) is 8.84. The van der Waals surface area contributed by atoms with Crippen LogP contribution in [0.3, 0.4) is 0 Å². The molecular weight excluding hydrogens is 313 g/mol. The van der Waals surface area contributed by atoms with Gasteiger partial charge in [-0.05, 0) is 20.4 Å². The molecule has 1 aromatic carbocycles. The standard InChI is InChI=1S/C7H6IN5O2/c8-12-11-7(13(14)15)10-9-6-4-2-1-3-5-6/h1-5,9H/b10-7-,12-11+. The van der Waals surface area contributed by atoms with Gasteiger partial charge in [-0.1, -0.05) is 18.2 Å². The maximum absolute atomic E-state index is 10.4. The monoisotopic (exact) mass is 319 g/mol. The SMILES string of the molecule is O=[N+]([O-])C(=N\Nc1ccccc1)/N=N/I. The molecule has 7 nitrogen and oxygen atoms in total. The molecule has 0 aromatic heterocycles. The van der Waals surface area contributed by atoms with Crippen molar-refractivity contribution in [3.63, 3.8) is 0 Å². The molecular formula is C7H6IN5O2. The van der Waals surface area contributed by atoms with E-state index in [1.165, 1.54) is 22.9 Å². The molecule has 0 aliphatic heterocycles. The van der Waals surface area contributed by atoms with Crippen molar-refractivity contribution in [2.45, 2.75) is 0 Å². The maximum Gasteiger partial charge on any atom is 0.511 e. The van der Waals surface area contributed by atoms with Crippen LogP contribution in [0.1, 0.15) is 0 Å². The number of benzene rings is 1. The lowest BCUT2D eigenvalue weighted by Crippen LogP contribution is -2.10. The van der Waals surface area contributed by atoms with Gasteiger partial charge in [-0.25, -0.2) is 5.43 Å². The molecule has 0 heterocycles. The fourth-order valence-corrected chi connectivity index (χ4v) is 0.954. The van der Waals surface area contributed by atoms with E-state index in [0.717, 1.165) is 0 Å². The van der Waals surface area contributed by atoms with Crippen LogP contribution in [-0.4, -0.2) is 10.9 Å². The van der Waals surface area contributed by atoms with Crippen LogP contribution in [0.15, 0.2) is 43.9 Å². The van der Waals surface area contributed by atoms with Gasteiger partial charge in [0.2, 0.25) is 0 Å². The summed E-state index contributed by atoms with van der Waals surface area (Å²) in [7, 11) is 0. The highest BCUT2D eigenvalue weighted by Crippen LogP contribution is 2.04. The van der Waals surface area contributed by atoms with Crippen LogP contribution in [0.4, 0.5) is 5.69 Å². The highest BCUT2D eigenvalue weighted by molar-refractivity contribution is 14.1. The molecule has 1 aromatic rings. The smallest absolute Gasteiger partial charge is 0.390 e. The largest absolute Gasteiger partial charge is 0.511 e. The Hall–Kier alpha value is -1.58. The normalized spacial score (nSPS) is 11.7. The molecule has 0 aliphatic carbocycles. The summed E-state index contributed by atoms with van der Waals surface area (Å²) in [6.07, 6.45) is 0. The summed E-state index contributed by atoms with van der Waals surface area (Å²) < 4.78 is 3.25. The van der Waals surface area contributed by atoms with Crippen LogP contribution in [-0.2, 0) is 0 Å². The van der Waals surface area contributed by atoms with Crippen molar-refractivity contribution in [3.8, 4) is 0 Å². The van der Waals surface area contributed by atoms with Crippen LogP contribution in [0.5, 0.6) is 0 Å². The average molecular weight is 319 g/mol. The van der Waals surface area contributed by atoms with E-state index in [9.17, 15) is 10.1 Å². The minimum atomic E-state index is -0.724. The quantitative estimate of drug-likeness (QED) is 0.227. The van der Waals surface area contributed by atoms with E-state index in [1.807, 2.05) is 6.07 Å². The molecule has 0 radical (unpaired) electrons. The van der Waals surface area contributed by atoms with Crippen molar-refractivity contribution in [1.29, 1.82) is 0 Å². The topological polar surface area (TPSA) is 92.2 Å². The van der Waals surface area contributed by atoms with E-state index >= 15 is 0 Å². The van der Waals surface area contributed by atoms with Crippen molar-refractivity contribution in [2.24, 2.45) is 13.5 Å². The zero-order valence-electron chi connectivity index (χ0n) is 7.37. The van der Waals surface area contributed by atoms with Gasteiger partial charge in [-0.15, -0.1) is 0 Å². The van der Waals surface area contributed by atoms with Crippen molar-refractivity contribution in [2.75, 3.05) is 5.43 Å². The molecule has 1 N–H and O–H groups in total. The molecule has 0 spiro atoms. The molecule has 15 heavy (non-hydrogen) atoms. The van der Waals surface area contributed by atoms with Crippen molar-refractivity contribution in [1.82, 2.24) is 0 Å². The first-order valence-electron chi connectivity index (χ1n) is 3.79. The number of hydrogen-bond donors (Lipinski definition) is 1. The Labute approximate surface area is 98.9 Å². The van der Waals surface area contributed by atoms with Gasteiger partial charge in [0.1, 0.15) is 22.9 Å². The summed E-state index contributed by atoms with van der Waals surface area (Å²) in [5, 5.41) is 17.1. The Balaban J connectivity index is 2.74. The Bertz CT molecular complexity index is 392. The zero-order chi connectivity index (χ0) is 11.1. The van der Waals surface area contributed by atoms with Gasteiger partial charge in [-0.3, -0.25) is 0 Å². The molecule has 1 rings (SSSR count). The molecule has 0 fully saturated rings. The molecule has 0 bridgehead atoms. The van der Waals surface area contributed by atoms with Crippen LogP contribution < -0.4 is 5.43 Å². The van der Waals surface area contributed by atoms with Crippen LogP contribution in [0.25, 0.3) is 0 Å². The lowest BCUT2D eigenvalue weighted by molar-refractivity contribution is -0.352. The second-order valence-corrected chi connectivity index (χ2v) is 2.75. The van der Waals surface area contributed by atoms with Crippen molar-refractivity contribution >= 4 is 34.5 Å². The first-order valence-corrected chi connectivity index (χ1v) is 4.75. The van der Waals surface area contributed by atoms with Crippen molar-refractivity contribution in [3.05, 3.63) is 40.4 Å². The summed E-state index contributed by atoms with van der Waals surface area (Å²) in [6.45, 7) is 0. The number of para-hydroxylation sites is 1. The molecule has 0 saturated carbocycles. The fourth-order valence-electron chi connectivity index (χ4n) is 0.761. The third kappa shape index (κ3) is 3.97. The number of nitro groups is 1. The first kappa shape index (κ1) is 11.5. The van der Waals surface area contributed by atoms with E-state index in [2.05, 4.69) is 19.0 Å². The van der Waals surface area contributed by atoms with Gasteiger partial charge < -0.3 is 10.1 Å². The zero-order valence-corrected chi connectivity index (χ0v) is 9.53. The number of nitrogens with one attached hydrogen (secondary N) is 1. The number of hydrazone groups is 1. The molecule has 0 amide bonds. The summed E-state index contributed by atoms with van der Waals surface area (Å²) >= 11 is 1.54.